The van der Waals surface area contributed by atoms with E-state index in [1.54, 1.807) is 17.4 Å². The molecule has 0 saturated carbocycles. The van der Waals surface area contributed by atoms with Crippen molar-refractivity contribution in [3.05, 3.63) is 54.6 Å². The number of phenolic OH excluding ortho intramolecular Hbond substituents is 1. The monoisotopic (exact) mass is 302 g/mol. The van der Waals surface area contributed by atoms with Gasteiger partial charge in [0, 0.05) is 16.8 Å². The summed E-state index contributed by atoms with van der Waals surface area (Å²) in [7, 11) is 0. The van der Waals surface area contributed by atoms with Crippen LogP contribution in [-0.4, -0.2) is 15.1 Å². The van der Waals surface area contributed by atoms with E-state index in [2.05, 4.69) is 11.1 Å². The van der Waals surface area contributed by atoms with Gasteiger partial charge in [-0.05, 0) is 18.2 Å². The molecule has 104 valence electrons. The molecule has 2 aromatic heterocycles. The van der Waals surface area contributed by atoms with E-state index in [0.717, 1.165) is 42.2 Å². The van der Waals surface area contributed by atoms with Gasteiger partial charge < -0.3 is 5.11 Å². The average molecular weight is 302 g/mol. The van der Waals surface area contributed by atoms with Crippen LogP contribution >= 0.6 is 11.3 Å². The van der Waals surface area contributed by atoms with Gasteiger partial charge in [0.15, 0.2) is 0 Å². The number of hydrogen-bond acceptors (Lipinski definition) is 4. The SMILES string of the molecule is Oc1cc2nc3ccccc3c2c2nc3ccccc3sc12. The maximum Gasteiger partial charge on any atom is 0.137 e. The first-order chi connectivity index (χ1) is 10.8. The van der Waals surface area contributed by atoms with Gasteiger partial charge in [0.1, 0.15) is 5.75 Å². The van der Waals surface area contributed by atoms with Crippen LogP contribution in [0.5, 0.6) is 5.75 Å². The highest BCUT2D eigenvalue weighted by Gasteiger charge is 2.14. The highest BCUT2D eigenvalue weighted by atomic mass is 32.1. The van der Waals surface area contributed by atoms with E-state index in [1.807, 2.05) is 42.5 Å². The van der Waals surface area contributed by atoms with Gasteiger partial charge in [0.05, 0.1) is 31.5 Å². The Morgan fingerprint density at radius 3 is 2.50 bits per heavy atom. The highest BCUT2D eigenvalue weighted by molar-refractivity contribution is 7.24. The van der Waals surface area contributed by atoms with Crippen LogP contribution in [0.1, 0.15) is 0 Å². The lowest BCUT2D eigenvalue weighted by atomic mass is 10.1. The zero-order chi connectivity index (χ0) is 14.7. The molecule has 0 saturated heterocycles. The summed E-state index contributed by atoms with van der Waals surface area (Å²) in [4.78, 5) is 9.41. The molecule has 0 aliphatic rings. The van der Waals surface area contributed by atoms with Crippen LogP contribution in [0.25, 0.3) is 42.2 Å². The summed E-state index contributed by atoms with van der Waals surface area (Å²) in [6.07, 6.45) is 0. The van der Waals surface area contributed by atoms with Crippen LogP contribution in [0.15, 0.2) is 54.6 Å². The topological polar surface area (TPSA) is 46.0 Å². The molecule has 3 nitrogen and oxygen atoms in total. The van der Waals surface area contributed by atoms with Crippen molar-refractivity contribution in [3.63, 3.8) is 0 Å². The van der Waals surface area contributed by atoms with Crippen LogP contribution in [0.4, 0.5) is 0 Å². The molecule has 5 aromatic rings. The third-order valence-electron chi connectivity index (χ3n) is 3.94. The van der Waals surface area contributed by atoms with Gasteiger partial charge in [-0.2, -0.15) is 0 Å². The number of rotatable bonds is 0. The summed E-state index contributed by atoms with van der Waals surface area (Å²) in [5, 5.41) is 12.5. The fourth-order valence-electron chi connectivity index (χ4n) is 2.96. The molecule has 2 heterocycles. The molecule has 0 atom stereocenters. The number of para-hydroxylation sites is 2. The summed E-state index contributed by atoms with van der Waals surface area (Å²) in [5.74, 6) is 0.244. The minimum atomic E-state index is 0.244. The molecule has 22 heavy (non-hydrogen) atoms. The van der Waals surface area contributed by atoms with E-state index >= 15 is 0 Å². The Bertz CT molecular complexity index is 1190. The van der Waals surface area contributed by atoms with Crippen LogP contribution < -0.4 is 0 Å². The molecule has 4 heteroatoms. The van der Waals surface area contributed by atoms with Gasteiger partial charge >= 0.3 is 0 Å². The third kappa shape index (κ3) is 1.50. The molecule has 5 rings (SSSR count). The zero-order valence-corrected chi connectivity index (χ0v) is 12.3. The van der Waals surface area contributed by atoms with Crippen molar-refractivity contribution in [1.82, 2.24) is 9.97 Å². The maximum absolute atomic E-state index is 10.4. The van der Waals surface area contributed by atoms with Crippen LogP contribution in [0.3, 0.4) is 0 Å². The van der Waals surface area contributed by atoms with Crippen molar-refractivity contribution in [2.75, 3.05) is 0 Å². The molecule has 0 unspecified atom stereocenters. The van der Waals surface area contributed by atoms with Crippen molar-refractivity contribution >= 4 is 53.6 Å². The van der Waals surface area contributed by atoms with Gasteiger partial charge in [-0.1, -0.05) is 30.3 Å². The van der Waals surface area contributed by atoms with Crippen molar-refractivity contribution in [3.8, 4) is 5.75 Å². The normalized spacial score (nSPS) is 11.8. The Kier molecular flexibility index (Phi) is 2.24. The fourth-order valence-corrected chi connectivity index (χ4v) is 3.96. The minimum Gasteiger partial charge on any atom is -0.506 e. The van der Waals surface area contributed by atoms with E-state index in [0.29, 0.717) is 0 Å². The molecule has 1 N–H and O–H groups in total. The van der Waals surface area contributed by atoms with E-state index in [-0.39, 0.29) is 5.75 Å². The molecule has 0 fully saturated rings. The van der Waals surface area contributed by atoms with Crippen molar-refractivity contribution in [2.45, 2.75) is 0 Å². The first-order valence-corrected chi connectivity index (χ1v) is 7.82. The lowest BCUT2D eigenvalue weighted by molar-refractivity contribution is 0.483. The fraction of sp³-hybridized carbons (Fsp3) is 0. The first kappa shape index (κ1) is 11.9. The van der Waals surface area contributed by atoms with E-state index in [1.165, 1.54) is 0 Å². The van der Waals surface area contributed by atoms with E-state index in [4.69, 9.17) is 4.98 Å². The maximum atomic E-state index is 10.4. The molecule has 0 amide bonds. The Labute approximate surface area is 129 Å². The molecule has 0 aliphatic heterocycles. The molecule has 0 spiro atoms. The predicted octanol–water partition coefficient (Wildman–Crippen LogP) is 4.86. The molecular weight excluding hydrogens is 292 g/mol. The number of benzene rings is 3. The summed E-state index contributed by atoms with van der Waals surface area (Å²) >= 11 is 1.56. The van der Waals surface area contributed by atoms with Gasteiger partial charge in [0.2, 0.25) is 0 Å². The standard InChI is InChI=1S/C18H10N2OS/c21-14-9-13-16(10-5-1-2-6-11(10)19-13)17-18(14)22-15-8-4-3-7-12(15)20-17/h1-9,21H. The van der Waals surface area contributed by atoms with Crippen LogP contribution in [-0.2, 0) is 0 Å². The van der Waals surface area contributed by atoms with Crippen molar-refractivity contribution in [1.29, 1.82) is 0 Å². The number of nitrogens with zero attached hydrogens (tertiary/aromatic N) is 2. The largest absolute Gasteiger partial charge is 0.506 e. The number of fused-ring (bicyclic) bond motifs is 6. The summed E-state index contributed by atoms with van der Waals surface area (Å²) in [6, 6.07) is 17.8. The molecule has 3 aromatic carbocycles. The second-order valence-corrected chi connectivity index (χ2v) is 6.33. The highest BCUT2D eigenvalue weighted by Crippen LogP contribution is 2.39. The smallest absolute Gasteiger partial charge is 0.137 e. The third-order valence-corrected chi connectivity index (χ3v) is 5.11. The predicted molar refractivity (Wildman–Crippen MR) is 91.6 cm³/mol. The van der Waals surface area contributed by atoms with Gasteiger partial charge in [0.25, 0.3) is 0 Å². The summed E-state index contributed by atoms with van der Waals surface area (Å²) in [5.41, 5.74) is 3.50. The zero-order valence-electron chi connectivity index (χ0n) is 11.4. The van der Waals surface area contributed by atoms with E-state index < -0.39 is 0 Å². The number of aromatic hydroxyl groups is 1. The van der Waals surface area contributed by atoms with Crippen LogP contribution in [0, 0.1) is 0 Å². The summed E-state index contributed by atoms with van der Waals surface area (Å²) < 4.78 is 1.87. The molecule has 0 bridgehead atoms. The van der Waals surface area contributed by atoms with Crippen molar-refractivity contribution < 1.29 is 5.11 Å². The lowest BCUT2D eigenvalue weighted by Gasteiger charge is -2.04. The Morgan fingerprint density at radius 2 is 1.59 bits per heavy atom. The average Bonchev–Trinajstić information content (AvgIpc) is 2.91. The molecule has 0 aliphatic carbocycles. The molecule has 0 radical (unpaired) electrons. The number of aromatic nitrogens is 2. The second-order valence-electron chi connectivity index (χ2n) is 5.28. The van der Waals surface area contributed by atoms with Crippen LogP contribution in [0.2, 0.25) is 0 Å². The first-order valence-electron chi connectivity index (χ1n) is 7.01. The van der Waals surface area contributed by atoms with E-state index in [9.17, 15) is 5.11 Å². The van der Waals surface area contributed by atoms with Gasteiger partial charge in [-0.25, -0.2) is 9.97 Å². The van der Waals surface area contributed by atoms with Gasteiger partial charge in [-0.3, -0.25) is 0 Å². The minimum absolute atomic E-state index is 0.244. The van der Waals surface area contributed by atoms with Crippen molar-refractivity contribution in [2.24, 2.45) is 0 Å². The Morgan fingerprint density at radius 1 is 0.818 bits per heavy atom. The number of phenols is 1. The lowest BCUT2D eigenvalue weighted by Crippen LogP contribution is -1.82. The Hall–Kier alpha value is -2.72. The van der Waals surface area contributed by atoms with Gasteiger partial charge in [-0.15, -0.1) is 11.3 Å². The number of hydrogen-bond donors (Lipinski definition) is 1. The Balaban J connectivity index is 2.12. The second kappa shape index (κ2) is 4.15. The quantitative estimate of drug-likeness (QED) is 0.416. The summed E-state index contributed by atoms with van der Waals surface area (Å²) in [6.45, 7) is 0. The molecular formula is C18H10N2OS.